The average molecular weight is 301 g/mol. The van der Waals surface area contributed by atoms with E-state index in [1.807, 2.05) is 30.3 Å². The van der Waals surface area contributed by atoms with E-state index in [1.165, 1.54) is 0 Å². The molecule has 0 radical (unpaired) electrons. The predicted molar refractivity (Wildman–Crippen MR) is 85.0 cm³/mol. The van der Waals surface area contributed by atoms with Crippen LogP contribution in [0, 0.1) is 0 Å². The van der Waals surface area contributed by atoms with Crippen LogP contribution in [0.1, 0.15) is 11.1 Å². The lowest BCUT2D eigenvalue weighted by Crippen LogP contribution is -1.96. The maximum absolute atomic E-state index is 5.32. The highest BCUT2D eigenvalue weighted by molar-refractivity contribution is 5.80. The molecule has 1 aromatic carbocycles. The number of hydrogen-bond donors (Lipinski definition) is 0. The van der Waals surface area contributed by atoms with Crippen LogP contribution >= 0.6 is 0 Å². The fraction of sp³-hybridized carbons (Fsp3) is 0.235. The van der Waals surface area contributed by atoms with Crippen LogP contribution in [0.5, 0.6) is 23.3 Å². The van der Waals surface area contributed by atoms with Gasteiger partial charge in [0.25, 0.3) is 0 Å². The first-order valence-electron chi connectivity index (χ1n) is 6.64. The van der Waals surface area contributed by atoms with Gasteiger partial charge in [0.1, 0.15) is 0 Å². The normalized spacial score (nSPS) is 10.0. The molecule has 0 aliphatic carbocycles. The zero-order valence-electron chi connectivity index (χ0n) is 13.2. The van der Waals surface area contributed by atoms with E-state index in [0.717, 1.165) is 16.7 Å². The Morgan fingerprint density at radius 3 is 1.86 bits per heavy atom. The minimum Gasteiger partial charge on any atom is -0.493 e. The highest BCUT2D eigenvalue weighted by Crippen LogP contribution is 2.33. The first kappa shape index (κ1) is 15.7. The monoisotopic (exact) mass is 301 g/mol. The van der Waals surface area contributed by atoms with Crippen molar-refractivity contribution in [1.29, 1.82) is 0 Å². The van der Waals surface area contributed by atoms with Crippen molar-refractivity contribution in [3.8, 4) is 23.3 Å². The maximum atomic E-state index is 5.32. The van der Waals surface area contributed by atoms with Crippen LogP contribution in [0.15, 0.2) is 36.9 Å². The van der Waals surface area contributed by atoms with Gasteiger partial charge in [-0.05, 0) is 28.8 Å². The lowest BCUT2D eigenvalue weighted by Gasteiger charge is -2.13. The van der Waals surface area contributed by atoms with Crippen molar-refractivity contribution >= 4 is 5.57 Å². The number of hydrogen-bond acceptors (Lipinski definition) is 5. The standard InChI is InChI=1S/C17H19NO4/c1-11(12-6-7-14(19-2)15(8-12)20-3)13-9-16(21-4)18-17(10-13)22-5/h6-10H,1H2,2-5H3. The van der Waals surface area contributed by atoms with Crippen molar-refractivity contribution in [3.05, 3.63) is 48.0 Å². The Labute approximate surface area is 130 Å². The molecule has 0 aliphatic rings. The third-order valence-corrected chi connectivity index (χ3v) is 3.28. The van der Waals surface area contributed by atoms with Gasteiger partial charge in [0.15, 0.2) is 11.5 Å². The van der Waals surface area contributed by atoms with E-state index < -0.39 is 0 Å². The molecular formula is C17H19NO4. The summed E-state index contributed by atoms with van der Waals surface area (Å²) in [4.78, 5) is 4.18. The van der Waals surface area contributed by atoms with Gasteiger partial charge in [-0.25, -0.2) is 0 Å². The molecule has 0 N–H and O–H groups in total. The van der Waals surface area contributed by atoms with Gasteiger partial charge in [-0.3, -0.25) is 0 Å². The molecular weight excluding hydrogens is 282 g/mol. The van der Waals surface area contributed by atoms with Gasteiger partial charge < -0.3 is 18.9 Å². The molecule has 0 atom stereocenters. The molecule has 2 aromatic rings. The van der Waals surface area contributed by atoms with Gasteiger partial charge >= 0.3 is 0 Å². The van der Waals surface area contributed by atoms with E-state index in [0.29, 0.717) is 23.3 Å². The van der Waals surface area contributed by atoms with E-state index in [-0.39, 0.29) is 0 Å². The fourth-order valence-corrected chi connectivity index (χ4v) is 2.05. The number of rotatable bonds is 6. The molecule has 22 heavy (non-hydrogen) atoms. The van der Waals surface area contributed by atoms with Crippen LogP contribution < -0.4 is 18.9 Å². The Kier molecular flexibility index (Phi) is 4.88. The Balaban J connectivity index is 2.43. The largest absolute Gasteiger partial charge is 0.493 e. The van der Waals surface area contributed by atoms with Crippen molar-refractivity contribution in [2.24, 2.45) is 0 Å². The van der Waals surface area contributed by atoms with Crippen LogP contribution in [-0.4, -0.2) is 33.4 Å². The molecule has 5 heteroatoms. The molecule has 0 amide bonds. The molecule has 0 fully saturated rings. The van der Waals surface area contributed by atoms with Crippen LogP contribution in [0.25, 0.3) is 5.57 Å². The van der Waals surface area contributed by atoms with Crippen LogP contribution in [0.2, 0.25) is 0 Å². The Morgan fingerprint density at radius 2 is 1.36 bits per heavy atom. The van der Waals surface area contributed by atoms with Crippen molar-refractivity contribution in [2.75, 3.05) is 28.4 Å². The number of benzene rings is 1. The zero-order chi connectivity index (χ0) is 16.1. The Bertz CT molecular complexity index is 660. The van der Waals surface area contributed by atoms with Crippen LogP contribution in [0.4, 0.5) is 0 Å². The third kappa shape index (κ3) is 3.14. The van der Waals surface area contributed by atoms with Gasteiger partial charge in [-0.15, -0.1) is 0 Å². The number of ether oxygens (including phenoxy) is 4. The molecule has 0 saturated heterocycles. The lowest BCUT2D eigenvalue weighted by molar-refractivity contribution is 0.355. The van der Waals surface area contributed by atoms with Gasteiger partial charge in [0, 0.05) is 12.1 Å². The summed E-state index contributed by atoms with van der Waals surface area (Å²) in [7, 11) is 6.32. The number of nitrogens with zero attached hydrogens (tertiary/aromatic N) is 1. The second-order valence-electron chi connectivity index (χ2n) is 4.49. The number of aromatic nitrogens is 1. The number of pyridine rings is 1. The molecule has 5 nitrogen and oxygen atoms in total. The molecule has 1 heterocycles. The molecule has 0 aliphatic heterocycles. The van der Waals surface area contributed by atoms with Crippen molar-refractivity contribution in [1.82, 2.24) is 4.98 Å². The molecule has 0 saturated carbocycles. The van der Waals surface area contributed by atoms with Gasteiger partial charge in [-0.1, -0.05) is 12.6 Å². The zero-order valence-corrected chi connectivity index (χ0v) is 13.2. The summed E-state index contributed by atoms with van der Waals surface area (Å²) in [5.41, 5.74) is 2.57. The third-order valence-electron chi connectivity index (χ3n) is 3.28. The fourth-order valence-electron chi connectivity index (χ4n) is 2.05. The summed E-state index contributed by atoms with van der Waals surface area (Å²) in [5, 5.41) is 0. The van der Waals surface area contributed by atoms with E-state index in [1.54, 1.807) is 28.4 Å². The summed E-state index contributed by atoms with van der Waals surface area (Å²) < 4.78 is 20.9. The van der Waals surface area contributed by atoms with E-state index >= 15 is 0 Å². The summed E-state index contributed by atoms with van der Waals surface area (Å²) in [6.07, 6.45) is 0. The summed E-state index contributed by atoms with van der Waals surface area (Å²) >= 11 is 0. The number of methoxy groups -OCH3 is 4. The topological polar surface area (TPSA) is 49.8 Å². The summed E-state index contributed by atoms with van der Waals surface area (Å²) in [5.74, 6) is 2.25. The van der Waals surface area contributed by atoms with Crippen molar-refractivity contribution < 1.29 is 18.9 Å². The SMILES string of the molecule is C=C(c1cc(OC)nc(OC)c1)c1ccc(OC)c(OC)c1. The highest BCUT2D eigenvalue weighted by atomic mass is 16.5. The molecule has 0 unspecified atom stereocenters. The predicted octanol–water partition coefficient (Wildman–Crippen LogP) is 3.18. The van der Waals surface area contributed by atoms with Crippen molar-refractivity contribution in [3.63, 3.8) is 0 Å². The minimum absolute atomic E-state index is 0.468. The highest BCUT2D eigenvalue weighted by Gasteiger charge is 2.11. The van der Waals surface area contributed by atoms with E-state index in [9.17, 15) is 0 Å². The molecule has 0 spiro atoms. The second-order valence-corrected chi connectivity index (χ2v) is 4.49. The van der Waals surface area contributed by atoms with Crippen LogP contribution in [-0.2, 0) is 0 Å². The summed E-state index contributed by atoms with van der Waals surface area (Å²) in [6.45, 7) is 4.14. The quantitative estimate of drug-likeness (QED) is 0.820. The van der Waals surface area contributed by atoms with Gasteiger partial charge in [-0.2, -0.15) is 4.98 Å². The molecule has 1 aromatic heterocycles. The smallest absolute Gasteiger partial charge is 0.216 e. The Morgan fingerprint density at radius 1 is 0.773 bits per heavy atom. The summed E-state index contributed by atoms with van der Waals surface area (Å²) in [6, 6.07) is 9.25. The molecule has 2 rings (SSSR count). The van der Waals surface area contributed by atoms with Crippen LogP contribution in [0.3, 0.4) is 0 Å². The van der Waals surface area contributed by atoms with Crippen molar-refractivity contribution in [2.45, 2.75) is 0 Å². The van der Waals surface area contributed by atoms with E-state index in [2.05, 4.69) is 11.6 Å². The maximum Gasteiger partial charge on any atom is 0.216 e. The van der Waals surface area contributed by atoms with Gasteiger partial charge in [0.2, 0.25) is 11.8 Å². The molecule has 116 valence electrons. The van der Waals surface area contributed by atoms with E-state index in [4.69, 9.17) is 18.9 Å². The second kappa shape index (κ2) is 6.85. The Hall–Kier alpha value is -2.69. The first-order valence-corrected chi connectivity index (χ1v) is 6.64. The van der Waals surface area contributed by atoms with Gasteiger partial charge in [0.05, 0.1) is 28.4 Å². The molecule has 0 bridgehead atoms. The minimum atomic E-state index is 0.468. The first-order chi connectivity index (χ1) is 10.6. The average Bonchev–Trinajstić information content (AvgIpc) is 2.59. The lowest BCUT2D eigenvalue weighted by atomic mass is 10.00.